The Morgan fingerprint density at radius 3 is 2.47 bits per heavy atom. The Bertz CT molecular complexity index is 847. The Balaban J connectivity index is 1.83. The fourth-order valence-corrected chi connectivity index (χ4v) is 3.33. The number of rotatable bonds is 8. The Labute approximate surface area is 189 Å². The molecule has 0 aromatic heterocycles. The normalized spacial score (nSPS) is 16.1. The number of alkyl carbamates (subject to hydrolysis) is 1. The summed E-state index contributed by atoms with van der Waals surface area (Å²) >= 11 is 0. The molecule has 1 unspecified atom stereocenters. The Kier molecular flexibility index (Phi) is 8.63. The third-order valence-electron chi connectivity index (χ3n) is 4.92. The lowest BCUT2D eigenvalue weighted by molar-refractivity contribution is -0.130. The number of carbonyl (C=O) groups excluding carboxylic acids is 4. The second kappa shape index (κ2) is 11.0. The molecule has 1 aliphatic heterocycles. The highest BCUT2D eigenvalue weighted by molar-refractivity contribution is 5.92. The number of likely N-dealkylation sites (tertiary alicyclic amines) is 1. The first kappa shape index (κ1) is 25.2. The van der Waals surface area contributed by atoms with E-state index in [1.165, 1.54) is 0 Å². The van der Waals surface area contributed by atoms with E-state index in [-0.39, 0.29) is 55.6 Å². The number of para-hydroxylation sites is 1. The van der Waals surface area contributed by atoms with Crippen LogP contribution in [0.4, 0.5) is 10.5 Å². The fourth-order valence-electron chi connectivity index (χ4n) is 3.33. The molecule has 4 amide bonds. The standard InChI is InChI=1S/C23H34N4O5/c1-15(2)27-14-17(12-20(27)29)21(30)25-13-16-8-6-7-9-18(16)26-19(28)10-11-24-22(31)32-23(3,4)5/h6-9,15,17H,10-14H2,1-5H3,(H,24,31)(H,25,30)(H,26,28). The van der Waals surface area contributed by atoms with Crippen LogP contribution in [0.1, 0.15) is 53.0 Å². The minimum atomic E-state index is -0.603. The highest BCUT2D eigenvalue weighted by Crippen LogP contribution is 2.21. The minimum Gasteiger partial charge on any atom is -0.444 e. The topological polar surface area (TPSA) is 117 Å². The van der Waals surface area contributed by atoms with Crippen molar-refractivity contribution < 1.29 is 23.9 Å². The zero-order chi connectivity index (χ0) is 23.9. The van der Waals surface area contributed by atoms with Crippen molar-refractivity contribution in [3.63, 3.8) is 0 Å². The Hall–Kier alpha value is -3.10. The Morgan fingerprint density at radius 1 is 1.16 bits per heavy atom. The van der Waals surface area contributed by atoms with E-state index < -0.39 is 11.7 Å². The average molecular weight is 447 g/mol. The lowest BCUT2D eigenvalue weighted by Gasteiger charge is -2.20. The number of nitrogens with zero attached hydrogens (tertiary/aromatic N) is 1. The van der Waals surface area contributed by atoms with Gasteiger partial charge in [-0.3, -0.25) is 14.4 Å². The maximum Gasteiger partial charge on any atom is 0.407 e. The summed E-state index contributed by atoms with van der Waals surface area (Å²) < 4.78 is 5.13. The smallest absolute Gasteiger partial charge is 0.407 e. The number of amides is 4. The summed E-state index contributed by atoms with van der Waals surface area (Å²) in [5, 5.41) is 8.23. The number of hydrogen-bond donors (Lipinski definition) is 3. The van der Waals surface area contributed by atoms with Crippen molar-refractivity contribution in [3.05, 3.63) is 29.8 Å². The predicted molar refractivity (Wildman–Crippen MR) is 121 cm³/mol. The van der Waals surface area contributed by atoms with E-state index in [0.717, 1.165) is 5.56 Å². The summed E-state index contributed by atoms with van der Waals surface area (Å²) in [5.41, 5.74) is 0.731. The molecule has 1 saturated heterocycles. The zero-order valence-corrected chi connectivity index (χ0v) is 19.5. The van der Waals surface area contributed by atoms with E-state index in [1.807, 2.05) is 26.0 Å². The van der Waals surface area contributed by atoms with E-state index in [2.05, 4.69) is 16.0 Å². The van der Waals surface area contributed by atoms with Gasteiger partial charge in [-0.1, -0.05) is 18.2 Å². The minimum absolute atomic E-state index is 0.00666. The SMILES string of the molecule is CC(C)N1CC(C(=O)NCc2ccccc2NC(=O)CCNC(=O)OC(C)(C)C)CC1=O. The molecule has 0 spiro atoms. The molecule has 32 heavy (non-hydrogen) atoms. The molecule has 0 bridgehead atoms. The van der Waals surface area contributed by atoms with Gasteiger partial charge >= 0.3 is 6.09 Å². The summed E-state index contributed by atoms with van der Waals surface area (Å²) in [6.07, 6.45) is -0.280. The zero-order valence-electron chi connectivity index (χ0n) is 19.5. The monoisotopic (exact) mass is 446 g/mol. The van der Waals surface area contributed by atoms with Crippen molar-refractivity contribution >= 4 is 29.5 Å². The molecule has 1 atom stereocenters. The molecule has 1 aromatic carbocycles. The lowest BCUT2D eigenvalue weighted by atomic mass is 10.1. The van der Waals surface area contributed by atoms with Gasteiger partial charge in [0.2, 0.25) is 17.7 Å². The van der Waals surface area contributed by atoms with Crippen LogP contribution in [-0.4, -0.2) is 53.4 Å². The highest BCUT2D eigenvalue weighted by Gasteiger charge is 2.35. The van der Waals surface area contributed by atoms with Crippen molar-refractivity contribution in [1.82, 2.24) is 15.5 Å². The van der Waals surface area contributed by atoms with Gasteiger partial charge in [0, 0.05) is 44.2 Å². The molecule has 9 nitrogen and oxygen atoms in total. The molecule has 1 fully saturated rings. The summed E-state index contributed by atoms with van der Waals surface area (Å²) in [4.78, 5) is 50.2. The van der Waals surface area contributed by atoms with Gasteiger partial charge in [-0.2, -0.15) is 0 Å². The van der Waals surface area contributed by atoms with Crippen LogP contribution in [0.5, 0.6) is 0 Å². The van der Waals surface area contributed by atoms with Gasteiger partial charge in [-0.05, 0) is 46.2 Å². The number of carbonyl (C=O) groups is 4. The number of hydrogen-bond acceptors (Lipinski definition) is 5. The second-order valence-electron chi connectivity index (χ2n) is 9.14. The van der Waals surface area contributed by atoms with Gasteiger partial charge in [-0.25, -0.2) is 4.79 Å². The highest BCUT2D eigenvalue weighted by atomic mass is 16.6. The van der Waals surface area contributed by atoms with Crippen LogP contribution in [0.3, 0.4) is 0 Å². The Morgan fingerprint density at radius 2 is 1.84 bits per heavy atom. The molecule has 1 aromatic rings. The van der Waals surface area contributed by atoms with Crippen molar-refractivity contribution in [2.24, 2.45) is 5.92 Å². The van der Waals surface area contributed by atoms with Gasteiger partial charge in [0.1, 0.15) is 5.60 Å². The molecule has 0 radical (unpaired) electrons. The molecule has 3 N–H and O–H groups in total. The molecule has 0 aliphatic carbocycles. The average Bonchev–Trinajstić information content (AvgIpc) is 3.07. The third kappa shape index (κ3) is 7.86. The predicted octanol–water partition coefficient (Wildman–Crippen LogP) is 2.41. The maximum absolute atomic E-state index is 12.5. The van der Waals surface area contributed by atoms with Gasteiger partial charge in [-0.15, -0.1) is 0 Å². The maximum atomic E-state index is 12.5. The van der Waals surface area contributed by atoms with Crippen molar-refractivity contribution in [2.45, 2.75) is 65.6 Å². The first-order valence-corrected chi connectivity index (χ1v) is 10.9. The van der Waals surface area contributed by atoms with Gasteiger partial charge in [0.25, 0.3) is 0 Å². The van der Waals surface area contributed by atoms with Crippen molar-refractivity contribution in [3.8, 4) is 0 Å². The number of nitrogens with one attached hydrogen (secondary N) is 3. The first-order chi connectivity index (χ1) is 15.0. The van der Waals surface area contributed by atoms with Crippen LogP contribution in [0, 0.1) is 5.92 Å². The van der Waals surface area contributed by atoms with Crippen molar-refractivity contribution in [1.29, 1.82) is 0 Å². The van der Waals surface area contributed by atoms with E-state index in [9.17, 15) is 19.2 Å². The summed E-state index contributed by atoms with van der Waals surface area (Å²) in [7, 11) is 0. The molecule has 1 heterocycles. The van der Waals surface area contributed by atoms with Crippen LogP contribution < -0.4 is 16.0 Å². The van der Waals surface area contributed by atoms with Gasteiger partial charge in [0.15, 0.2) is 0 Å². The van der Waals surface area contributed by atoms with Crippen LogP contribution in [0.15, 0.2) is 24.3 Å². The van der Waals surface area contributed by atoms with E-state index in [1.54, 1.807) is 37.8 Å². The first-order valence-electron chi connectivity index (χ1n) is 10.9. The summed E-state index contributed by atoms with van der Waals surface area (Å²) in [6.45, 7) is 9.95. The van der Waals surface area contributed by atoms with Crippen LogP contribution >= 0.6 is 0 Å². The van der Waals surface area contributed by atoms with Gasteiger partial charge < -0.3 is 25.6 Å². The fraction of sp³-hybridized carbons (Fsp3) is 0.565. The van der Waals surface area contributed by atoms with Crippen LogP contribution in [-0.2, 0) is 25.7 Å². The number of ether oxygens (including phenoxy) is 1. The lowest BCUT2D eigenvalue weighted by Crippen LogP contribution is -2.35. The number of benzene rings is 1. The third-order valence-corrected chi connectivity index (χ3v) is 4.92. The second-order valence-corrected chi connectivity index (χ2v) is 9.14. The largest absolute Gasteiger partial charge is 0.444 e. The molecule has 9 heteroatoms. The number of anilines is 1. The van der Waals surface area contributed by atoms with E-state index >= 15 is 0 Å². The van der Waals surface area contributed by atoms with Gasteiger partial charge in [0.05, 0.1) is 5.92 Å². The molecular formula is C23H34N4O5. The van der Waals surface area contributed by atoms with E-state index in [4.69, 9.17) is 4.74 Å². The summed E-state index contributed by atoms with van der Waals surface area (Å²) in [6, 6.07) is 7.24. The molecule has 2 rings (SSSR count). The molecule has 1 aliphatic rings. The quantitative estimate of drug-likeness (QED) is 0.567. The van der Waals surface area contributed by atoms with Crippen molar-refractivity contribution in [2.75, 3.05) is 18.4 Å². The molecule has 176 valence electrons. The van der Waals surface area contributed by atoms with Crippen LogP contribution in [0.2, 0.25) is 0 Å². The molecule has 0 saturated carbocycles. The molecular weight excluding hydrogens is 412 g/mol. The van der Waals surface area contributed by atoms with Crippen LogP contribution in [0.25, 0.3) is 0 Å². The van der Waals surface area contributed by atoms with E-state index in [0.29, 0.717) is 12.2 Å². The summed E-state index contributed by atoms with van der Waals surface area (Å²) in [5.74, 6) is -0.823.